The Morgan fingerprint density at radius 3 is 2.68 bits per heavy atom. The van der Waals surface area contributed by atoms with E-state index < -0.39 is 12.2 Å². The van der Waals surface area contributed by atoms with Crippen LogP contribution in [0.4, 0.5) is 5.69 Å². The number of aliphatic hydroxyl groups excluding tert-OH is 1. The van der Waals surface area contributed by atoms with Crippen LogP contribution in [0, 0.1) is 0 Å². The Kier molecular flexibility index (Phi) is 5.42. The third-order valence-electron chi connectivity index (χ3n) is 4.32. The van der Waals surface area contributed by atoms with Gasteiger partial charge in [0.1, 0.15) is 5.75 Å². The van der Waals surface area contributed by atoms with E-state index in [-0.39, 0.29) is 5.91 Å². The Labute approximate surface area is 132 Å². The summed E-state index contributed by atoms with van der Waals surface area (Å²) in [4.78, 5) is 15.9. The maximum atomic E-state index is 12.0. The van der Waals surface area contributed by atoms with Crippen molar-refractivity contribution in [2.75, 3.05) is 31.6 Å². The fraction of sp³-hybridized carbons (Fsp3) is 0.588. The standard InChI is InChI=1S/C17H26N2O3/c1-5-19(6-2)10-9-15(20)13-7-8-16-14(11-13)18(4)17(21)12(3)22-16/h7-8,11-12,15,20H,5-6,9-10H2,1-4H3. The molecule has 2 rings (SSSR count). The van der Waals surface area contributed by atoms with Gasteiger partial charge in [-0.1, -0.05) is 19.9 Å². The first kappa shape index (κ1) is 16.8. The van der Waals surface area contributed by atoms with E-state index in [2.05, 4.69) is 18.7 Å². The molecule has 0 radical (unpaired) electrons. The Bertz CT molecular complexity index is 529. The van der Waals surface area contributed by atoms with Gasteiger partial charge in [0.25, 0.3) is 5.91 Å². The highest BCUT2D eigenvalue weighted by Gasteiger charge is 2.29. The molecule has 1 N–H and O–H groups in total. The molecule has 1 aromatic carbocycles. The Hall–Kier alpha value is -1.59. The molecule has 1 aliphatic heterocycles. The summed E-state index contributed by atoms with van der Waals surface area (Å²) < 4.78 is 5.60. The van der Waals surface area contributed by atoms with E-state index in [1.54, 1.807) is 18.9 Å². The van der Waals surface area contributed by atoms with Gasteiger partial charge in [-0.2, -0.15) is 0 Å². The zero-order chi connectivity index (χ0) is 16.3. The van der Waals surface area contributed by atoms with E-state index in [9.17, 15) is 9.90 Å². The van der Waals surface area contributed by atoms with Gasteiger partial charge < -0.3 is 19.6 Å². The maximum absolute atomic E-state index is 12.0. The number of aliphatic hydroxyl groups is 1. The highest BCUT2D eigenvalue weighted by Crippen LogP contribution is 2.35. The van der Waals surface area contributed by atoms with E-state index in [4.69, 9.17) is 4.74 Å². The molecule has 122 valence electrons. The number of hydrogen-bond donors (Lipinski definition) is 1. The van der Waals surface area contributed by atoms with Crippen LogP contribution in [0.25, 0.3) is 0 Å². The lowest BCUT2D eigenvalue weighted by Gasteiger charge is -2.31. The second-order valence-corrected chi connectivity index (χ2v) is 5.72. The van der Waals surface area contributed by atoms with Gasteiger partial charge in [-0.3, -0.25) is 4.79 Å². The van der Waals surface area contributed by atoms with E-state index in [1.165, 1.54) is 0 Å². The van der Waals surface area contributed by atoms with Gasteiger partial charge in [0.05, 0.1) is 11.8 Å². The molecule has 0 saturated carbocycles. The quantitative estimate of drug-likeness (QED) is 0.875. The molecule has 1 aliphatic rings. The van der Waals surface area contributed by atoms with Crippen molar-refractivity contribution < 1.29 is 14.6 Å². The number of benzene rings is 1. The smallest absolute Gasteiger partial charge is 0.267 e. The Morgan fingerprint density at radius 2 is 2.05 bits per heavy atom. The third kappa shape index (κ3) is 3.42. The van der Waals surface area contributed by atoms with Crippen molar-refractivity contribution in [1.82, 2.24) is 4.90 Å². The first-order chi connectivity index (χ1) is 10.5. The van der Waals surface area contributed by atoms with Gasteiger partial charge >= 0.3 is 0 Å². The summed E-state index contributed by atoms with van der Waals surface area (Å²) in [6.07, 6.45) is -0.320. The van der Waals surface area contributed by atoms with Crippen molar-refractivity contribution >= 4 is 11.6 Å². The molecule has 2 atom stereocenters. The molecule has 0 aromatic heterocycles. The number of carbonyl (C=O) groups excluding carboxylic acids is 1. The minimum atomic E-state index is -0.534. The lowest BCUT2D eigenvalue weighted by atomic mass is 10.0. The molecule has 1 heterocycles. The molecule has 1 aromatic rings. The first-order valence-electron chi connectivity index (χ1n) is 7.96. The number of carbonyl (C=O) groups is 1. The number of rotatable bonds is 6. The second kappa shape index (κ2) is 7.11. The average Bonchev–Trinajstić information content (AvgIpc) is 2.53. The summed E-state index contributed by atoms with van der Waals surface area (Å²) >= 11 is 0. The molecule has 0 aliphatic carbocycles. The highest BCUT2D eigenvalue weighted by molar-refractivity contribution is 5.99. The molecule has 0 saturated heterocycles. The monoisotopic (exact) mass is 306 g/mol. The van der Waals surface area contributed by atoms with E-state index >= 15 is 0 Å². The van der Waals surface area contributed by atoms with Gasteiger partial charge in [0.15, 0.2) is 6.10 Å². The van der Waals surface area contributed by atoms with Crippen LogP contribution < -0.4 is 9.64 Å². The van der Waals surface area contributed by atoms with Crippen molar-refractivity contribution in [3.63, 3.8) is 0 Å². The molecule has 22 heavy (non-hydrogen) atoms. The number of ether oxygens (including phenoxy) is 1. The number of hydrogen-bond acceptors (Lipinski definition) is 4. The van der Waals surface area contributed by atoms with Crippen LogP contribution in [0.5, 0.6) is 5.75 Å². The van der Waals surface area contributed by atoms with Crippen molar-refractivity contribution in [3.8, 4) is 5.75 Å². The fourth-order valence-corrected chi connectivity index (χ4v) is 2.75. The molecule has 1 amide bonds. The molecule has 0 spiro atoms. The summed E-state index contributed by atoms with van der Waals surface area (Å²) in [5, 5.41) is 10.4. The van der Waals surface area contributed by atoms with Gasteiger partial charge in [-0.05, 0) is 44.1 Å². The van der Waals surface area contributed by atoms with E-state index in [0.29, 0.717) is 12.2 Å². The van der Waals surface area contributed by atoms with Crippen molar-refractivity contribution in [2.24, 2.45) is 0 Å². The predicted octanol–water partition coefficient (Wildman–Crippen LogP) is 2.20. The zero-order valence-electron chi connectivity index (χ0n) is 13.9. The van der Waals surface area contributed by atoms with Gasteiger partial charge in [0.2, 0.25) is 0 Å². The average molecular weight is 306 g/mol. The van der Waals surface area contributed by atoms with Crippen molar-refractivity contribution in [3.05, 3.63) is 23.8 Å². The molecule has 5 heteroatoms. The molecule has 5 nitrogen and oxygen atoms in total. The number of anilines is 1. The van der Waals surface area contributed by atoms with Crippen LogP contribution in [-0.4, -0.2) is 48.7 Å². The number of fused-ring (bicyclic) bond motifs is 1. The van der Waals surface area contributed by atoms with Crippen LogP contribution in [0.2, 0.25) is 0 Å². The highest BCUT2D eigenvalue weighted by atomic mass is 16.5. The molecule has 0 fully saturated rings. The summed E-state index contributed by atoms with van der Waals surface area (Å²) in [5.74, 6) is 0.622. The van der Waals surface area contributed by atoms with E-state index in [0.717, 1.165) is 30.9 Å². The maximum Gasteiger partial charge on any atom is 0.267 e. The first-order valence-corrected chi connectivity index (χ1v) is 7.96. The number of likely N-dealkylation sites (N-methyl/N-ethyl adjacent to an activating group) is 1. The molecular formula is C17H26N2O3. The number of amides is 1. The Morgan fingerprint density at radius 1 is 1.36 bits per heavy atom. The fourth-order valence-electron chi connectivity index (χ4n) is 2.75. The lowest BCUT2D eigenvalue weighted by Crippen LogP contribution is -2.42. The molecule has 0 bridgehead atoms. The minimum Gasteiger partial charge on any atom is -0.479 e. The lowest BCUT2D eigenvalue weighted by molar-refractivity contribution is -0.125. The largest absolute Gasteiger partial charge is 0.479 e. The minimum absolute atomic E-state index is 0.0673. The third-order valence-corrected chi connectivity index (χ3v) is 4.32. The predicted molar refractivity (Wildman–Crippen MR) is 87.3 cm³/mol. The van der Waals surface area contributed by atoms with Gasteiger partial charge in [-0.25, -0.2) is 0 Å². The van der Waals surface area contributed by atoms with Crippen LogP contribution in [0.3, 0.4) is 0 Å². The van der Waals surface area contributed by atoms with Gasteiger partial charge in [-0.15, -0.1) is 0 Å². The summed E-state index contributed by atoms with van der Waals surface area (Å²) in [5.41, 5.74) is 1.55. The van der Waals surface area contributed by atoms with Crippen molar-refractivity contribution in [2.45, 2.75) is 39.4 Å². The summed E-state index contributed by atoms with van der Waals surface area (Å²) in [7, 11) is 1.74. The van der Waals surface area contributed by atoms with E-state index in [1.807, 2.05) is 18.2 Å². The van der Waals surface area contributed by atoms with Crippen LogP contribution in [0.15, 0.2) is 18.2 Å². The Balaban J connectivity index is 2.12. The topological polar surface area (TPSA) is 53.0 Å². The normalized spacial score (nSPS) is 19.1. The van der Waals surface area contributed by atoms with Crippen LogP contribution >= 0.6 is 0 Å². The second-order valence-electron chi connectivity index (χ2n) is 5.72. The SMILES string of the molecule is CCN(CC)CCC(O)c1ccc2c(c1)N(C)C(=O)C(C)O2. The molecule has 2 unspecified atom stereocenters. The van der Waals surface area contributed by atoms with Crippen LogP contribution in [-0.2, 0) is 4.79 Å². The summed E-state index contributed by atoms with van der Waals surface area (Å²) in [6, 6.07) is 5.57. The number of nitrogens with zero attached hydrogens (tertiary/aromatic N) is 2. The van der Waals surface area contributed by atoms with Gasteiger partial charge in [0, 0.05) is 13.6 Å². The van der Waals surface area contributed by atoms with Crippen molar-refractivity contribution in [1.29, 1.82) is 0 Å². The summed E-state index contributed by atoms with van der Waals surface area (Å²) in [6.45, 7) is 8.80. The van der Waals surface area contributed by atoms with Crippen LogP contribution in [0.1, 0.15) is 38.9 Å². The molecular weight excluding hydrogens is 280 g/mol. The zero-order valence-corrected chi connectivity index (χ0v) is 13.9.